The Labute approximate surface area is 118 Å². The van der Waals surface area contributed by atoms with Crippen LogP contribution >= 0.6 is 0 Å². The molecule has 0 saturated heterocycles. The Morgan fingerprint density at radius 1 is 0.950 bits per heavy atom. The van der Waals surface area contributed by atoms with Crippen LogP contribution in [-0.4, -0.2) is 26.5 Å². The summed E-state index contributed by atoms with van der Waals surface area (Å²) in [7, 11) is 3.08. The van der Waals surface area contributed by atoms with Gasteiger partial charge in [0.25, 0.3) is 0 Å². The van der Waals surface area contributed by atoms with Gasteiger partial charge >= 0.3 is 0 Å². The first-order valence-electron chi connectivity index (χ1n) is 6.29. The highest BCUT2D eigenvalue weighted by Gasteiger charge is 2.17. The van der Waals surface area contributed by atoms with Crippen molar-refractivity contribution in [3.8, 4) is 11.5 Å². The SMILES string of the molecule is COc1cccc(OC)c1C(=O)CNc1ccccc1. The number of carbonyl (C=O) groups excluding carboxylic acids is 1. The van der Waals surface area contributed by atoms with Gasteiger partial charge in [-0.2, -0.15) is 0 Å². The summed E-state index contributed by atoms with van der Waals surface area (Å²) < 4.78 is 10.5. The lowest BCUT2D eigenvalue weighted by Gasteiger charge is -2.12. The van der Waals surface area contributed by atoms with Gasteiger partial charge in [-0.1, -0.05) is 24.3 Å². The fourth-order valence-corrected chi connectivity index (χ4v) is 1.95. The largest absolute Gasteiger partial charge is 0.496 e. The molecule has 0 atom stereocenters. The fraction of sp³-hybridized carbons (Fsp3) is 0.188. The molecule has 2 rings (SSSR count). The molecule has 0 radical (unpaired) electrons. The number of ketones is 1. The second-order valence-electron chi connectivity index (χ2n) is 4.18. The maximum absolute atomic E-state index is 12.4. The highest BCUT2D eigenvalue weighted by molar-refractivity contribution is 6.03. The Bertz CT molecular complexity index is 559. The Hall–Kier alpha value is -2.49. The molecule has 0 saturated carbocycles. The molecular weight excluding hydrogens is 254 g/mol. The molecule has 1 N–H and O–H groups in total. The highest BCUT2D eigenvalue weighted by Crippen LogP contribution is 2.28. The van der Waals surface area contributed by atoms with Crippen molar-refractivity contribution in [3.05, 3.63) is 54.1 Å². The van der Waals surface area contributed by atoms with E-state index in [2.05, 4.69) is 5.32 Å². The van der Waals surface area contributed by atoms with Crippen LogP contribution in [0.25, 0.3) is 0 Å². The quantitative estimate of drug-likeness (QED) is 0.820. The molecule has 4 heteroatoms. The second-order valence-corrected chi connectivity index (χ2v) is 4.18. The van der Waals surface area contributed by atoms with E-state index < -0.39 is 0 Å². The molecule has 0 unspecified atom stereocenters. The second kappa shape index (κ2) is 6.61. The van der Waals surface area contributed by atoms with E-state index in [-0.39, 0.29) is 12.3 Å². The highest BCUT2D eigenvalue weighted by atomic mass is 16.5. The lowest BCUT2D eigenvalue weighted by Crippen LogP contribution is -2.15. The van der Waals surface area contributed by atoms with Crippen LogP contribution in [0.4, 0.5) is 5.69 Å². The Morgan fingerprint density at radius 3 is 2.10 bits per heavy atom. The number of carbonyl (C=O) groups is 1. The molecule has 0 amide bonds. The molecule has 104 valence electrons. The normalized spacial score (nSPS) is 9.90. The number of Topliss-reactive ketones (excluding diaryl/α,β-unsaturated/α-hetero) is 1. The standard InChI is InChI=1S/C16H17NO3/c1-19-14-9-6-10-15(20-2)16(14)13(18)11-17-12-7-4-3-5-8-12/h3-10,17H,11H2,1-2H3. The molecule has 20 heavy (non-hydrogen) atoms. The van der Waals surface area contributed by atoms with Gasteiger partial charge in [-0.25, -0.2) is 0 Å². The molecule has 0 aliphatic carbocycles. The Kier molecular flexibility index (Phi) is 4.60. The molecule has 0 aliphatic rings. The summed E-state index contributed by atoms with van der Waals surface area (Å²) >= 11 is 0. The van der Waals surface area contributed by atoms with E-state index in [4.69, 9.17) is 9.47 Å². The minimum absolute atomic E-state index is 0.0804. The van der Waals surface area contributed by atoms with Crippen molar-refractivity contribution < 1.29 is 14.3 Å². The summed E-state index contributed by atoms with van der Waals surface area (Å²) in [4.78, 5) is 12.4. The van der Waals surface area contributed by atoms with Crippen LogP contribution in [0.15, 0.2) is 48.5 Å². The summed E-state index contributed by atoms with van der Waals surface area (Å²) in [5.74, 6) is 0.955. The van der Waals surface area contributed by atoms with Gasteiger partial charge in [0.05, 0.1) is 20.8 Å². The minimum Gasteiger partial charge on any atom is -0.496 e. The van der Waals surface area contributed by atoms with Crippen molar-refractivity contribution in [2.75, 3.05) is 26.1 Å². The van der Waals surface area contributed by atoms with Crippen molar-refractivity contribution in [3.63, 3.8) is 0 Å². The van der Waals surface area contributed by atoms with Gasteiger partial charge in [-0.15, -0.1) is 0 Å². The molecule has 2 aromatic rings. The van der Waals surface area contributed by atoms with E-state index in [9.17, 15) is 4.79 Å². The van der Waals surface area contributed by atoms with Crippen molar-refractivity contribution in [2.24, 2.45) is 0 Å². The molecule has 0 fully saturated rings. The van der Waals surface area contributed by atoms with E-state index in [0.29, 0.717) is 17.1 Å². The number of anilines is 1. The maximum Gasteiger partial charge on any atom is 0.189 e. The monoisotopic (exact) mass is 271 g/mol. The van der Waals surface area contributed by atoms with Crippen LogP contribution in [0.5, 0.6) is 11.5 Å². The number of nitrogens with one attached hydrogen (secondary N) is 1. The maximum atomic E-state index is 12.4. The third kappa shape index (κ3) is 3.09. The first-order valence-corrected chi connectivity index (χ1v) is 6.29. The number of hydrogen-bond donors (Lipinski definition) is 1. The van der Waals surface area contributed by atoms with Crippen molar-refractivity contribution in [2.45, 2.75) is 0 Å². The smallest absolute Gasteiger partial charge is 0.189 e. The van der Waals surface area contributed by atoms with Gasteiger partial charge in [0.1, 0.15) is 17.1 Å². The van der Waals surface area contributed by atoms with Crippen LogP contribution in [-0.2, 0) is 0 Å². The van der Waals surface area contributed by atoms with Crippen LogP contribution in [0.2, 0.25) is 0 Å². The number of rotatable bonds is 6. The molecular formula is C16H17NO3. The molecule has 2 aromatic carbocycles. The fourth-order valence-electron chi connectivity index (χ4n) is 1.95. The van der Waals surface area contributed by atoms with E-state index in [1.54, 1.807) is 18.2 Å². The van der Waals surface area contributed by atoms with Gasteiger partial charge in [0.2, 0.25) is 0 Å². The van der Waals surface area contributed by atoms with Gasteiger partial charge in [0.15, 0.2) is 5.78 Å². The third-order valence-electron chi connectivity index (χ3n) is 2.93. The van der Waals surface area contributed by atoms with Gasteiger partial charge < -0.3 is 14.8 Å². The summed E-state index contributed by atoms with van der Waals surface area (Å²) in [6.45, 7) is 0.181. The summed E-state index contributed by atoms with van der Waals surface area (Å²) in [5, 5.41) is 3.08. The third-order valence-corrected chi connectivity index (χ3v) is 2.93. The molecule has 4 nitrogen and oxygen atoms in total. The molecule has 0 aliphatic heterocycles. The van der Waals surface area contributed by atoms with Crippen molar-refractivity contribution in [1.29, 1.82) is 0 Å². The number of benzene rings is 2. The first-order chi connectivity index (χ1) is 9.76. The predicted octanol–water partition coefficient (Wildman–Crippen LogP) is 3.00. The van der Waals surface area contributed by atoms with Crippen LogP contribution in [0.1, 0.15) is 10.4 Å². The zero-order chi connectivity index (χ0) is 14.4. The van der Waals surface area contributed by atoms with E-state index >= 15 is 0 Å². The Balaban J connectivity index is 2.16. The van der Waals surface area contributed by atoms with E-state index in [1.165, 1.54) is 14.2 Å². The number of ether oxygens (including phenoxy) is 2. The lowest BCUT2D eigenvalue weighted by atomic mass is 10.1. The van der Waals surface area contributed by atoms with Crippen molar-refractivity contribution >= 4 is 11.5 Å². The lowest BCUT2D eigenvalue weighted by molar-refractivity contribution is 0.1000. The predicted molar refractivity (Wildman–Crippen MR) is 78.8 cm³/mol. The number of methoxy groups -OCH3 is 2. The van der Waals surface area contributed by atoms with Crippen LogP contribution in [0, 0.1) is 0 Å². The first kappa shape index (κ1) is 13.9. The molecule has 0 aromatic heterocycles. The van der Waals surface area contributed by atoms with Crippen molar-refractivity contribution in [1.82, 2.24) is 0 Å². The van der Waals surface area contributed by atoms with Gasteiger partial charge in [0, 0.05) is 5.69 Å². The molecule has 0 bridgehead atoms. The number of para-hydroxylation sites is 1. The minimum atomic E-state index is -0.0804. The number of hydrogen-bond acceptors (Lipinski definition) is 4. The molecule has 0 spiro atoms. The summed E-state index contributed by atoms with van der Waals surface area (Å²) in [6.07, 6.45) is 0. The average Bonchev–Trinajstić information content (AvgIpc) is 2.52. The van der Waals surface area contributed by atoms with Crippen LogP contribution in [0.3, 0.4) is 0 Å². The van der Waals surface area contributed by atoms with Gasteiger partial charge in [-0.05, 0) is 24.3 Å². The van der Waals surface area contributed by atoms with E-state index in [1.807, 2.05) is 30.3 Å². The zero-order valence-electron chi connectivity index (χ0n) is 11.6. The van der Waals surface area contributed by atoms with E-state index in [0.717, 1.165) is 5.69 Å². The molecule has 0 heterocycles. The van der Waals surface area contributed by atoms with Gasteiger partial charge in [-0.3, -0.25) is 4.79 Å². The topological polar surface area (TPSA) is 47.6 Å². The summed E-state index contributed by atoms with van der Waals surface area (Å²) in [6, 6.07) is 14.9. The average molecular weight is 271 g/mol. The van der Waals surface area contributed by atoms with Crippen LogP contribution < -0.4 is 14.8 Å². The zero-order valence-corrected chi connectivity index (χ0v) is 11.6. The Morgan fingerprint density at radius 2 is 1.55 bits per heavy atom. The summed E-state index contributed by atoms with van der Waals surface area (Å²) in [5.41, 5.74) is 1.36.